The zero-order valence-corrected chi connectivity index (χ0v) is 26.2. The minimum atomic E-state index is -0.937. The number of allylic oxidation sites excluding steroid dienone is 2. The van der Waals surface area contributed by atoms with Gasteiger partial charge in [0.15, 0.2) is 0 Å². The molecule has 0 saturated heterocycles. The molecule has 0 spiro atoms. The quantitative estimate of drug-likeness (QED) is 0.205. The van der Waals surface area contributed by atoms with E-state index in [0.29, 0.717) is 19.3 Å². The maximum Gasteiger partial charge on any atom is 0.407 e. The standard InChI is InChI=1S/C37H41N3O7/c41-23-27(21-25-11-3-1-4-12-25)39-34(42)22-26-13-5-2-6-18-33(36(44)46-20-19-38-35(26)43)40-37(45)47-24-32-30-16-9-7-14-28(30)29-15-8-10-17-31(29)32/h1-5,7-12,14-17,26-27,32-33,41H,6,13,18-24H2,(H,38,43)(H,39,42)(H,40,45). The van der Waals surface area contributed by atoms with Crippen molar-refractivity contribution in [2.75, 3.05) is 26.4 Å². The molecule has 3 amide bonds. The summed E-state index contributed by atoms with van der Waals surface area (Å²) < 4.78 is 11.0. The Morgan fingerprint density at radius 3 is 2.32 bits per heavy atom. The summed E-state index contributed by atoms with van der Waals surface area (Å²) in [5.41, 5.74) is 5.40. The van der Waals surface area contributed by atoms with E-state index in [1.807, 2.05) is 72.8 Å². The molecule has 10 heteroatoms. The van der Waals surface area contributed by atoms with Crippen molar-refractivity contribution >= 4 is 23.9 Å². The summed E-state index contributed by atoms with van der Waals surface area (Å²) in [5, 5.41) is 18.0. The van der Waals surface area contributed by atoms with E-state index in [1.54, 1.807) is 6.08 Å². The fourth-order valence-corrected chi connectivity index (χ4v) is 6.10. The average Bonchev–Trinajstić information content (AvgIpc) is 3.41. The summed E-state index contributed by atoms with van der Waals surface area (Å²) in [6.45, 7) is -0.150. The summed E-state index contributed by atoms with van der Waals surface area (Å²) in [6.07, 6.45) is 4.32. The van der Waals surface area contributed by atoms with E-state index in [9.17, 15) is 24.3 Å². The molecule has 1 heterocycles. The van der Waals surface area contributed by atoms with Crippen LogP contribution in [0.4, 0.5) is 4.79 Å². The van der Waals surface area contributed by atoms with Gasteiger partial charge >= 0.3 is 12.1 Å². The highest BCUT2D eigenvalue weighted by atomic mass is 16.6. The topological polar surface area (TPSA) is 143 Å². The molecule has 3 aromatic rings. The van der Waals surface area contributed by atoms with Crippen LogP contribution in [0.25, 0.3) is 11.1 Å². The molecule has 10 nitrogen and oxygen atoms in total. The van der Waals surface area contributed by atoms with Crippen LogP contribution in [0.3, 0.4) is 0 Å². The van der Waals surface area contributed by atoms with Crippen LogP contribution >= 0.6 is 0 Å². The Kier molecular flexibility index (Phi) is 11.8. The lowest BCUT2D eigenvalue weighted by Crippen LogP contribution is -2.43. The SMILES string of the molecule is O=C(CC1CC=CCCC(NC(=O)OCC2c3ccccc3-c3ccccc32)C(=O)OCCNC1=O)NC(CO)Cc1ccccc1. The summed E-state index contributed by atoms with van der Waals surface area (Å²) >= 11 is 0. The van der Waals surface area contributed by atoms with Crippen molar-refractivity contribution in [3.63, 3.8) is 0 Å². The predicted octanol–water partition coefficient (Wildman–Crippen LogP) is 4.02. The number of nitrogens with one attached hydrogen (secondary N) is 3. The second-order valence-electron chi connectivity index (χ2n) is 11.8. The number of carbonyl (C=O) groups excluding carboxylic acids is 4. The molecule has 3 aromatic carbocycles. The van der Waals surface area contributed by atoms with Gasteiger partial charge in [0.05, 0.1) is 25.1 Å². The lowest BCUT2D eigenvalue weighted by Gasteiger charge is -2.20. The van der Waals surface area contributed by atoms with Gasteiger partial charge in [-0.1, -0.05) is 91.0 Å². The maximum absolute atomic E-state index is 12.9. The van der Waals surface area contributed by atoms with E-state index >= 15 is 0 Å². The number of benzene rings is 3. The Morgan fingerprint density at radius 2 is 1.62 bits per heavy atom. The molecule has 0 aromatic heterocycles. The van der Waals surface area contributed by atoms with E-state index < -0.39 is 30.1 Å². The van der Waals surface area contributed by atoms with Gasteiger partial charge in [0.1, 0.15) is 19.3 Å². The van der Waals surface area contributed by atoms with Crippen LogP contribution in [-0.4, -0.2) is 67.4 Å². The second-order valence-corrected chi connectivity index (χ2v) is 11.8. The summed E-state index contributed by atoms with van der Waals surface area (Å²) in [5.74, 6) is -2.05. The van der Waals surface area contributed by atoms with E-state index in [2.05, 4.69) is 28.1 Å². The maximum atomic E-state index is 12.9. The Morgan fingerprint density at radius 1 is 0.936 bits per heavy atom. The van der Waals surface area contributed by atoms with Gasteiger partial charge in [-0.25, -0.2) is 9.59 Å². The number of hydrogen-bond donors (Lipinski definition) is 4. The number of aliphatic hydroxyl groups excluding tert-OH is 1. The summed E-state index contributed by atoms with van der Waals surface area (Å²) in [6, 6.07) is 24.2. The fraction of sp³-hybridized carbons (Fsp3) is 0.351. The molecule has 0 bridgehead atoms. The van der Waals surface area contributed by atoms with E-state index in [4.69, 9.17) is 9.47 Å². The van der Waals surface area contributed by atoms with Gasteiger partial charge in [0, 0.05) is 12.3 Å². The number of carbonyl (C=O) groups is 4. The molecular weight excluding hydrogens is 598 g/mol. The van der Waals surface area contributed by atoms with Gasteiger partial charge in [-0.2, -0.15) is 0 Å². The van der Waals surface area contributed by atoms with Crippen molar-refractivity contribution < 1.29 is 33.8 Å². The number of amides is 3. The van der Waals surface area contributed by atoms with Gasteiger partial charge < -0.3 is 30.5 Å². The van der Waals surface area contributed by atoms with Gasteiger partial charge in [-0.3, -0.25) is 9.59 Å². The molecule has 1 aliphatic heterocycles. The molecule has 246 valence electrons. The Hall–Kier alpha value is -4.96. The molecule has 3 atom stereocenters. The molecule has 47 heavy (non-hydrogen) atoms. The molecule has 4 N–H and O–H groups in total. The molecular formula is C37H41N3O7. The van der Waals surface area contributed by atoms with Crippen molar-refractivity contribution in [1.29, 1.82) is 0 Å². The Balaban J connectivity index is 1.13. The third-order valence-electron chi connectivity index (χ3n) is 8.49. The number of rotatable bonds is 9. The number of esters is 1. The average molecular weight is 640 g/mol. The molecule has 5 rings (SSSR count). The number of aliphatic hydroxyl groups is 1. The molecule has 0 fully saturated rings. The normalized spacial score (nSPS) is 19.0. The number of alkyl carbamates (subject to hydrolysis) is 1. The molecule has 0 radical (unpaired) electrons. The smallest absolute Gasteiger partial charge is 0.407 e. The monoisotopic (exact) mass is 639 g/mol. The van der Waals surface area contributed by atoms with Crippen LogP contribution in [0.5, 0.6) is 0 Å². The zero-order valence-electron chi connectivity index (χ0n) is 26.2. The fourth-order valence-electron chi connectivity index (χ4n) is 6.10. The minimum Gasteiger partial charge on any atom is -0.462 e. The first-order valence-corrected chi connectivity index (χ1v) is 16.1. The second kappa shape index (κ2) is 16.6. The lowest BCUT2D eigenvalue weighted by molar-refractivity contribution is -0.146. The number of ether oxygens (including phenoxy) is 2. The van der Waals surface area contributed by atoms with E-state index in [-0.39, 0.29) is 56.9 Å². The highest BCUT2D eigenvalue weighted by Gasteiger charge is 2.30. The highest BCUT2D eigenvalue weighted by molar-refractivity contribution is 5.86. The molecule has 1 aliphatic carbocycles. The Bertz CT molecular complexity index is 1530. The molecule has 2 aliphatic rings. The number of fused-ring (bicyclic) bond motifs is 3. The van der Waals surface area contributed by atoms with Crippen LogP contribution in [0.2, 0.25) is 0 Å². The largest absolute Gasteiger partial charge is 0.462 e. The molecule has 0 saturated carbocycles. The van der Waals surface area contributed by atoms with Gasteiger partial charge in [-0.15, -0.1) is 0 Å². The van der Waals surface area contributed by atoms with Gasteiger partial charge in [-0.05, 0) is 53.5 Å². The van der Waals surface area contributed by atoms with Crippen molar-refractivity contribution in [3.8, 4) is 11.1 Å². The predicted molar refractivity (Wildman–Crippen MR) is 176 cm³/mol. The van der Waals surface area contributed by atoms with Crippen LogP contribution in [-0.2, 0) is 30.3 Å². The van der Waals surface area contributed by atoms with E-state index in [1.165, 1.54) is 0 Å². The van der Waals surface area contributed by atoms with Crippen molar-refractivity contribution in [1.82, 2.24) is 16.0 Å². The summed E-state index contributed by atoms with van der Waals surface area (Å²) in [4.78, 5) is 51.6. The zero-order chi connectivity index (χ0) is 33.0. The lowest BCUT2D eigenvalue weighted by atomic mass is 9.98. The van der Waals surface area contributed by atoms with Crippen LogP contribution in [0.1, 0.15) is 48.3 Å². The molecule has 3 unspecified atom stereocenters. The first-order valence-electron chi connectivity index (χ1n) is 16.1. The minimum absolute atomic E-state index is 0.0529. The van der Waals surface area contributed by atoms with E-state index in [0.717, 1.165) is 27.8 Å². The number of cyclic esters (lactones) is 1. The van der Waals surface area contributed by atoms with Crippen LogP contribution in [0.15, 0.2) is 91.0 Å². The first kappa shape index (κ1) is 33.4. The van der Waals surface area contributed by atoms with Crippen LogP contribution < -0.4 is 16.0 Å². The highest BCUT2D eigenvalue weighted by Crippen LogP contribution is 2.44. The van der Waals surface area contributed by atoms with Crippen LogP contribution in [0, 0.1) is 5.92 Å². The summed E-state index contributed by atoms with van der Waals surface area (Å²) in [7, 11) is 0. The number of hydrogen-bond acceptors (Lipinski definition) is 7. The van der Waals surface area contributed by atoms with Crippen molar-refractivity contribution in [2.24, 2.45) is 5.92 Å². The van der Waals surface area contributed by atoms with Gasteiger partial charge in [0.2, 0.25) is 11.8 Å². The third kappa shape index (κ3) is 9.07. The van der Waals surface area contributed by atoms with Crippen molar-refractivity contribution in [2.45, 2.75) is 50.1 Å². The first-order chi connectivity index (χ1) is 22.9. The van der Waals surface area contributed by atoms with Crippen molar-refractivity contribution in [3.05, 3.63) is 108 Å². The third-order valence-corrected chi connectivity index (χ3v) is 8.49. The van der Waals surface area contributed by atoms with Gasteiger partial charge in [0.25, 0.3) is 0 Å². The Labute approximate surface area is 274 Å².